The summed E-state index contributed by atoms with van der Waals surface area (Å²) in [5.41, 5.74) is -0.615. The predicted molar refractivity (Wildman–Crippen MR) is 65.5 cm³/mol. The first-order valence-corrected chi connectivity index (χ1v) is 6.47. The molecule has 3 nitrogen and oxygen atoms in total. The minimum Gasteiger partial charge on any atom is -0.480 e. The molecule has 0 amide bonds. The second kappa shape index (κ2) is 5.17. The standard InChI is InChI=1S/C13H25NO2/c1-5-14(6-2)13(12(15)16)8-7-10(3)9-11(13)4/h10-11H,5-9H2,1-4H3,(H,15,16). The molecule has 1 rings (SSSR count). The van der Waals surface area contributed by atoms with Crippen molar-refractivity contribution in [3.63, 3.8) is 0 Å². The molecular formula is C13H25NO2. The van der Waals surface area contributed by atoms with E-state index in [-0.39, 0.29) is 5.92 Å². The highest BCUT2D eigenvalue weighted by Crippen LogP contribution is 2.41. The zero-order chi connectivity index (χ0) is 12.3. The van der Waals surface area contributed by atoms with E-state index in [0.29, 0.717) is 5.92 Å². The third-order valence-corrected chi connectivity index (χ3v) is 4.29. The normalized spacial score (nSPS) is 35.3. The summed E-state index contributed by atoms with van der Waals surface area (Å²) in [5, 5.41) is 9.64. The highest BCUT2D eigenvalue weighted by molar-refractivity contribution is 5.79. The Morgan fingerprint density at radius 1 is 1.38 bits per heavy atom. The van der Waals surface area contributed by atoms with Gasteiger partial charge >= 0.3 is 5.97 Å². The van der Waals surface area contributed by atoms with Crippen molar-refractivity contribution in [2.24, 2.45) is 11.8 Å². The van der Waals surface area contributed by atoms with E-state index >= 15 is 0 Å². The Hall–Kier alpha value is -0.570. The number of aliphatic carboxylic acids is 1. The van der Waals surface area contributed by atoms with Gasteiger partial charge in [-0.05, 0) is 44.2 Å². The van der Waals surface area contributed by atoms with Gasteiger partial charge in [-0.1, -0.05) is 27.7 Å². The molecule has 0 bridgehead atoms. The van der Waals surface area contributed by atoms with E-state index in [2.05, 4.69) is 32.6 Å². The molecule has 1 aliphatic rings. The molecule has 1 saturated carbocycles. The third-order valence-electron chi connectivity index (χ3n) is 4.29. The van der Waals surface area contributed by atoms with Crippen LogP contribution in [0.3, 0.4) is 0 Å². The minimum atomic E-state index is -0.629. The summed E-state index contributed by atoms with van der Waals surface area (Å²) in [4.78, 5) is 13.8. The Kier molecular flexibility index (Phi) is 4.36. The topological polar surface area (TPSA) is 40.5 Å². The van der Waals surface area contributed by atoms with Crippen molar-refractivity contribution in [3.8, 4) is 0 Å². The molecule has 0 spiro atoms. The molecule has 0 aliphatic heterocycles. The first-order chi connectivity index (χ1) is 7.48. The fraction of sp³-hybridized carbons (Fsp3) is 0.923. The Bertz CT molecular complexity index is 250. The minimum absolute atomic E-state index is 0.244. The summed E-state index contributed by atoms with van der Waals surface area (Å²) in [7, 11) is 0. The molecule has 3 unspecified atom stereocenters. The second-order valence-corrected chi connectivity index (χ2v) is 5.18. The molecular weight excluding hydrogens is 202 g/mol. The number of likely N-dealkylation sites (N-methyl/N-ethyl adjacent to an activating group) is 1. The molecule has 0 saturated heterocycles. The van der Waals surface area contributed by atoms with Gasteiger partial charge in [0.1, 0.15) is 5.54 Å². The van der Waals surface area contributed by atoms with Crippen LogP contribution in [0.4, 0.5) is 0 Å². The number of carboxylic acid groups (broad SMARTS) is 1. The second-order valence-electron chi connectivity index (χ2n) is 5.18. The van der Waals surface area contributed by atoms with E-state index < -0.39 is 11.5 Å². The molecule has 1 N–H and O–H groups in total. The number of hydrogen-bond acceptors (Lipinski definition) is 2. The smallest absolute Gasteiger partial charge is 0.324 e. The van der Waals surface area contributed by atoms with Crippen LogP contribution in [-0.4, -0.2) is 34.6 Å². The van der Waals surface area contributed by atoms with Gasteiger partial charge in [-0.2, -0.15) is 0 Å². The van der Waals surface area contributed by atoms with Gasteiger partial charge in [0, 0.05) is 0 Å². The number of rotatable bonds is 4. The van der Waals surface area contributed by atoms with Crippen molar-refractivity contribution in [2.75, 3.05) is 13.1 Å². The lowest BCUT2D eigenvalue weighted by atomic mass is 9.69. The maximum atomic E-state index is 11.7. The molecule has 1 aliphatic carbocycles. The van der Waals surface area contributed by atoms with Crippen LogP contribution in [-0.2, 0) is 4.79 Å². The van der Waals surface area contributed by atoms with E-state index in [1.807, 2.05) is 0 Å². The Labute approximate surface area is 98.8 Å². The van der Waals surface area contributed by atoms with Gasteiger partial charge in [-0.3, -0.25) is 9.69 Å². The summed E-state index contributed by atoms with van der Waals surface area (Å²) < 4.78 is 0. The maximum absolute atomic E-state index is 11.7. The molecule has 0 radical (unpaired) electrons. The molecule has 94 valence electrons. The molecule has 3 atom stereocenters. The summed E-state index contributed by atoms with van der Waals surface area (Å²) in [6.07, 6.45) is 2.86. The van der Waals surface area contributed by atoms with Gasteiger partial charge in [0.15, 0.2) is 0 Å². The summed E-state index contributed by atoms with van der Waals surface area (Å²) in [6.45, 7) is 10.1. The van der Waals surface area contributed by atoms with Crippen LogP contribution in [0.25, 0.3) is 0 Å². The lowest BCUT2D eigenvalue weighted by molar-refractivity contribution is -0.159. The van der Waals surface area contributed by atoms with Crippen molar-refractivity contribution in [1.29, 1.82) is 0 Å². The van der Waals surface area contributed by atoms with Gasteiger partial charge in [-0.15, -0.1) is 0 Å². The van der Waals surface area contributed by atoms with Gasteiger partial charge in [0.05, 0.1) is 0 Å². The molecule has 1 fully saturated rings. The van der Waals surface area contributed by atoms with Crippen molar-refractivity contribution < 1.29 is 9.90 Å². The Balaban J connectivity index is 3.00. The lowest BCUT2D eigenvalue weighted by Crippen LogP contribution is -2.60. The first kappa shape index (κ1) is 13.5. The predicted octanol–water partition coefficient (Wildman–Crippen LogP) is 2.61. The number of nitrogens with zero attached hydrogens (tertiary/aromatic N) is 1. The van der Waals surface area contributed by atoms with Gasteiger partial charge in [0.25, 0.3) is 0 Å². The van der Waals surface area contributed by atoms with E-state index in [0.717, 1.165) is 32.4 Å². The average Bonchev–Trinajstić information content (AvgIpc) is 2.22. The van der Waals surface area contributed by atoms with E-state index in [9.17, 15) is 9.90 Å². The molecule has 0 aromatic carbocycles. The van der Waals surface area contributed by atoms with Crippen LogP contribution in [0.5, 0.6) is 0 Å². The fourth-order valence-electron chi connectivity index (χ4n) is 3.34. The molecule has 0 aromatic rings. The average molecular weight is 227 g/mol. The Morgan fingerprint density at radius 2 is 1.94 bits per heavy atom. The van der Waals surface area contributed by atoms with Crippen LogP contribution < -0.4 is 0 Å². The van der Waals surface area contributed by atoms with Crippen molar-refractivity contribution in [3.05, 3.63) is 0 Å². The van der Waals surface area contributed by atoms with Crippen molar-refractivity contribution in [2.45, 2.75) is 52.5 Å². The lowest BCUT2D eigenvalue weighted by Gasteiger charge is -2.48. The quantitative estimate of drug-likeness (QED) is 0.802. The number of carboxylic acids is 1. The third kappa shape index (κ3) is 2.10. The fourth-order valence-corrected chi connectivity index (χ4v) is 3.34. The van der Waals surface area contributed by atoms with Crippen LogP contribution in [0.2, 0.25) is 0 Å². The molecule has 0 heterocycles. The zero-order valence-electron chi connectivity index (χ0n) is 11.0. The highest BCUT2D eigenvalue weighted by atomic mass is 16.4. The van der Waals surface area contributed by atoms with Crippen LogP contribution >= 0.6 is 0 Å². The van der Waals surface area contributed by atoms with Crippen molar-refractivity contribution >= 4 is 5.97 Å². The van der Waals surface area contributed by atoms with E-state index in [1.165, 1.54) is 0 Å². The highest BCUT2D eigenvalue weighted by Gasteiger charge is 2.49. The maximum Gasteiger partial charge on any atom is 0.324 e. The zero-order valence-corrected chi connectivity index (χ0v) is 11.0. The molecule has 3 heteroatoms. The Morgan fingerprint density at radius 3 is 2.31 bits per heavy atom. The first-order valence-electron chi connectivity index (χ1n) is 6.47. The SMILES string of the molecule is CCN(CC)C1(C(=O)O)CCC(C)CC1C. The van der Waals surface area contributed by atoms with Gasteiger partial charge in [0.2, 0.25) is 0 Å². The largest absolute Gasteiger partial charge is 0.480 e. The van der Waals surface area contributed by atoms with Gasteiger partial charge < -0.3 is 5.11 Å². The summed E-state index contributed by atoms with van der Waals surface area (Å²) in [5.74, 6) is 0.280. The van der Waals surface area contributed by atoms with Crippen LogP contribution in [0.1, 0.15) is 47.0 Å². The summed E-state index contributed by atoms with van der Waals surface area (Å²) in [6, 6.07) is 0. The number of carbonyl (C=O) groups is 1. The van der Waals surface area contributed by atoms with E-state index in [4.69, 9.17) is 0 Å². The van der Waals surface area contributed by atoms with Crippen molar-refractivity contribution in [1.82, 2.24) is 4.90 Å². The van der Waals surface area contributed by atoms with Gasteiger partial charge in [-0.25, -0.2) is 0 Å². The van der Waals surface area contributed by atoms with Crippen LogP contribution in [0.15, 0.2) is 0 Å². The molecule has 16 heavy (non-hydrogen) atoms. The van der Waals surface area contributed by atoms with Crippen LogP contribution in [0, 0.1) is 11.8 Å². The summed E-state index contributed by atoms with van der Waals surface area (Å²) >= 11 is 0. The van der Waals surface area contributed by atoms with E-state index in [1.54, 1.807) is 0 Å². The monoisotopic (exact) mass is 227 g/mol. The molecule has 0 aromatic heterocycles. The number of hydrogen-bond donors (Lipinski definition) is 1.